The molecule has 4 nitrogen and oxygen atoms in total. The topological polar surface area (TPSA) is 28.9 Å². The molecule has 11 rings (SSSR count). The van der Waals surface area contributed by atoms with Gasteiger partial charge >= 0.3 is 0 Å². The summed E-state index contributed by atoms with van der Waals surface area (Å²) in [6, 6.07) is 64.8. The van der Waals surface area contributed by atoms with Gasteiger partial charge in [-0.25, -0.2) is 0 Å². The van der Waals surface area contributed by atoms with Crippen LogP contribution in [0.1, 0.15) is 5.56 Å². The quantitative estimate of drug-likeness (QED) is 0.168. The largest absolute Gasteiger partial charge is 0.458 e. The van der Waals surface area contributed by atoms with E-state index < -0.39 is 0 Å². The summed E-state index contributed by atoms with van der Waals surface area (Å²) in [4.78, 5) is 4.71. The minimum atomic E-state index is -0.0194. The van der Waals surface area contributed by atoms with Crippen LogP contribution in [-0.2, 0) is 0 Å². The standard InChI is InChI=1S/C49H33BN2O2/c1-32-20-22-35(23-21-32)51(36-25-29-46-40(30-36)39-16-8-11-19-45(39)53-46)37-24-27-42-47(31-37)54-49-38(33-12-4-2-5-13-33)26-28-44-48(49)50(42)41-17-9-10-18-43(41)52(44)34-14-6-3-7-15-34/h2-31H,1H3. The van der Waals surface area contributed by atoms with Crippen molar-refractivity contribution in [2.75, 3.05) is 9.80 Å². The SMILES string of the molecule is Cc1ccc(N(c2ccc3c(c2)Oc2c(-c4ccccc4)ccc4c2B3c2ccccc2N4c2ccccc2)c2ccc3oc4ccccc4c3c2)cc1. The number of aryl methyl sites for hydroxylation is 1. The van der Waals surface area contributed by atoms with Gasteiger partial charge in [-0.2, -0.15) is 0 Å². The minimum absolute atomic E-state index is 0.0194. The number of para-hydroxylation sites is 3. The van der Waals surface area contributed by atoms with Crippen molar-refractivity contribution in [1.29, 1.82) is 0 Å². The third-order valence-corrected chi connectivity index (χ3v) is 11.0. The van der Waals surface area contributed by atoms with Gasteiger partial charge in [0.25, 0.3) is 6.71 Å². The van der Waals surface area contributed by atoms with Crippen LogP contribution < -0.4 is 30.9 Å². The number of nitrogens with zero attached hydrogens (tertiary/aromatic N) is 2. The molecule has 0 bridgehead atoms. The molecule has 5 heteroatoms. The first-order valence-corrected chi connectivity index (χ1v) is 18.5. The van der Waals surface area contributed by atoms with Gasteiger partial charge in [0.15, 0.2) is 0 Å². The van der Waals surface area contributed by atoms with Gasteiger partial charge in [0, 0.05) is 56.5 Å². The third kappa shape index (κ3) is 4.72. The van der Waals surface area contributed by atoms with Crippen molar-refractivity contribution in [2.45, 2.75) is 6.92 Å². The number of hydrogen-bond donors (Lipinski definition) is 0. The number of anilines is 6. The first-order chi connectivity index (χ1) is 26.7. The molecular weight excluding hydrogens is 659 g/mol. The highest BCUT2D eigenvalue weighted by atomic mass is 16.5. The fourth-order valence-electron chi connectivity index (χ4n) is 8.51. The van der Waals surface area contributed by atoms with Gasteiger partial charge < -0.3 is 19.0 Å². The molecule has 0 unspecified atom stereocenters. The molecular formula is C49H33BN2O2. The molecule has 0 saturated carbocycles. The predicted octanol–water partition coefficient (Wildman–Crippen LogP) is 11.4. The van der Waals surface area contributed by atoms with Crippen LogP contribution in [-0.4, -0.2) is 6.71 Å². The van der Waals surface area contributed by atoms with Crippen LogP contribution in [0, 0.1) is 6.92 Å². The fourth-order valence-corrected chi connectivity index (χ4v) is 8.51. The summed E-state index contributed by atoms with van der Waals surface area (Å²) in [6.45, 7) is 2.11. The molecule has 0 saturated heterocycles. The van der Waals surface area contributed by atoms with Crippen LogP contribution in [0.15, 0.2) is 186 Å². The average molecular weight is 693 g/mol. The zero-order valence-electron chi connectivity index (χ0n) is 29.6. The van der Waals surface area contributed by atoms with Crippen molar-refractivity contribution in [2.24, 2.45) is 0 Å². The third-order valence-electron chi connectivity index (χ3n) is 11.0. The molecule has 9 aromatic rings. The Hall–Kier alpha value is -6.98. The van der Waals surface area contributed by atoms with E-state index in [1.807, 2.05) is 12.1 Å². The zero-order valence-corrected chi connectivity index (χ0v) is 29.6. The first-order valence-electron chi connectivity index (χ1n) is 18.5. The second kappa shape index (κ2) is 12.0. The number of ether oxygens (including phenoxy) is 1. The Labute approximate surface area is 314 Å². The second-order valence-corrected chi connectivity index (χ2v) is 14.2. The Morgan fingerprint density at radius 2 is 1.20 bits per heavy atom. The highest BCUT2D eigenvalue weighted by molar-refractivity contribution is 6.99. The van der Waals surface area contributed by atoms with Crippen molar-refractivity contribution in [3.63, 3.8) is 0 Å². The van der Waals surface area contributed by atoms with E-state index in [0.717, 1.165) is 78.5 Å². The first kappa shape index (κ1) is 30.6. The predicted molar refractivity (Wildman–Crippen MR) is 224 cm³/mol. The summed E-state index contributed by atoms with van der Waals surface area (Å²) in [5, 5.41) is 2.19. The Morgan fingerprint density at radius 1 is 0.519 bits per heavy atom. The normalized spacial score (nSPS) is 12.6. The van der Waals surface area contributed by atoms with Gasteiger partial charge in [0.2, 0.25) is 0 Å². The van der Waals surface area contributed by atoms with E-state index in [1.54, 1.807) is 0 Å². The van der Waals surface area contributed by atoms with Crippen molar-refractivity contribution in [1.82, 2.24) is 0 Å². The van der Waals surface area contributed by atoms with Gasteiger partial charge in [0.05, 0.1) is 0 Å². The Bertz CT molecular complexity index is 2880. The summed E-state index contributed by atoms with van der Waals surface area (Å²) in [7, 11) is 0. The van der Waals surface area contributed by atoms with Crippen molar-refractivity contribution >= 4 is 79.2 Å². The van der Waals surface area contributed by atoms with E-state index in [0.29, 0.717) is 0 Å². The number of furan rings is 1. The summed E-state index contributed by atoms with van der Waals surface area (Å²) < 4.78 is 13.5. The maximum Gasteiger partial charge on any atom is 0.256 e. The summed E-state index contributed by atoms with van der Waals surface area (Å²) in [5.41, 5.74) is 15.3. The molecule has 0 N–H and O–H groups in total. The van der Waals surface area contributed by atoms with Crippen LogP contribution in [0.3, 0.4) is 0 Å². The monoisotopic (exact) mass is 692 g/mol. The van der Waals surface area contributed by atoms with E-state index in [1.165, 1.54) is 22.2 Å². The van der Waals surface area contributed by atoms with Gasteiger partial charge in [-0.1, -0.05) is 109 Å². The van der Waals surface area contributed by atoms with Crippen molar-refractivity contribution in [3.8, 4) is 22.6 Å². The van der Waals surface area contributed by atoms with E-state index in [4.69, 9.17) is 9.15 Å². The molecule has 0 spiro atoms. The van der Waals surface area contributed by atoms with E-state index >= 15 is 0 Å². The summed E-state index contributed by atoms with van der Waals surface area (Å²) >= 11 is 0. The molecule has 2 aliphatic rings. The highest BCUT2D eigenvalue weighted by Crippen LogP contribution is 2.46. The van der Waals surface area contributed by atoms with Crippen LogP contribution >= 0.6 is 0 Å². The zero-order chi connectivity index (χ0) is 35.8. The lowest BCUT2D eigenvalue weighted by Gasteiger charge is -2.40. The van der Waals surface area contributed by atoms with Gasteiger partial charge in [-0.05, 0) is 102 Å². The maximum absolute atomic E-state index is 7.24. The lowest BCUT2D eigenvalue weighted by atomic mass is 9.34. The fraction of sp³-hybridized carbons (Fsp3) is 0.0204. The van der Waals surface area contributed by atoms with Gasteiger partial charge in [-0.15, -0.1) is 0 Å². The Kier molecular flexibility index (Phi) is 6.83. The van der Waals surface area contributed by atoms with Crippen molar-refractivity contribution in [3.05, 3.63) is 188 Å². The molecule has 0 fully saturated rings. The second-order valence-electron chi connectivity index (χ2n) is 14.2. The average Bonchev–Trinajstić information content (AvgIpc) is 3.60. The highest BCUT2D eigenvalue weighted by Gasteiger charge is 2.43. The van der Waals surface area contributed by atoms with Gasteiger partial charge in [0.1, 0.15) is 22.7 Å². The number of benzene rings is 8. The lowest BCUT2D eigenvalue weighted by Crippen LogP contribution is -2.59. The van der Waals surface area contributed by atoms with Gasteiger partial charge in [-0.3, -0.25) is 0 Å². The maximum atomic E-state index is 7.24. The van der Waals surface area contributed by atoms with Crippen LogP contribution in [0.2, 0.25) is 0 Å². The minimum Gasteiger partial charge on any atom is -0.458 e. The molecule has 1 aromatic heterocycles. The lowest BCUT2D eigenvalue weighted by molar-refractivity contribution is 0.489. The molecule has 54 heavy (non-hydrogen) atoms. The number of rotatable bonds is 5. The van der Waals surface area contributed by atoms with Crippen LogP contribution in [0.5, 0.6) is 11.5 Å². The summed E-state index contributed by atoms with van der Waals surface area (Å²) in [5.74, 6) is 1.76. The molecule has 8 aromatic carbocycles. The smallest absolute Gasteiger partial charge is 0.256 e. The molecule has 2 aliphatic heterocycles. The molecule has 0 atom stereocenters. The molecule has 0 radical (unpaired) electrons. The van der Waals surface area contributed by atoms with E-state index in [2.05, 4.69) is 187 Å². The Morgan fingerprint density at radius 3 is 2.06 bits per heavy atom. The molecule has 254 valence electrons. The molecule has 0 aliphatic carbocycles. The number of fused-ring (bicyclic) bond motifs is 7. The molecule has 3 heterocycles. The van der Waals surface area contributed by atoms with E-state index in [-0.39, 0.29) is 6.71 Å². The number of hydrogen-bond acceptors (Lipinski definition) is 4. The van der Waals surface area contributed by atoms with Crippen molar-refractivity contribution < 1.29 is 9.15 Å². The van der Waals surface area contributed by atoms with Crippen LogP contribution in [0.4, 0.5) is 34.1 Å². The summed E-state index contributed by atoms with van der Waals surface area (Å²) in [6.07, 6.45) is 0. The van der Waals surface area contributed by atoms with Crippen LogP contribution in [0.25, 0.3) is 33.1 Å². The Balaban J connectivity index is 1.13. The van der Waals surface area contributed by atoms with E-state index in [9.17, 15) is 0 Å². The molecule has 0 amide bonds.